The molecule has 6 nitrogen and oxygen atoms in total. The van der Waals surface area contributed by atoms with Gasteiger partial charge >= 0.3 is 0 Å². The number of nitrogens with one attached hydrogen (secondary N) is 1. The van der Waals surface area contributed by atoms with Gasteiger partial charge in [-0.25, -0.2) is 0 Å². The topological polar surface area (TPSA) is 69.0 Å². The van der Waals surface area contributed by atoms with Gasteiger partial charge in [-0.15, -0.1) is 16.8 Å². The van der Waals surface area contributed by atoms with E-state index < -0.39 is 0 Å². The van der Waals surface area contributed by atoms with Gasteiger partial charge in [-0.2, -0.15) is 0 Å². The third kappa shape index (κ3) is 5.88. The molecule has 0 aliphatic heterocycles. The van der Waals surface area contributed by atoms with Gasteiger partial charge in [0.15, 0.2) is 11.0 Å². The van der Waals surface area contributed by atoms with E-state index in [2.05, 4.69) is 22.1 Å². The summed E-state index contributed by atoms with van der Waals surface area (Å²) in [6.45, 7) is 5.21. The molecular formula is C17H21ClN4O2S. The molecule has 0 spiro atoms. The predicted molar refractivity (Wildman–Crippen MR) is 99.8 cm³/mol. The number of methoxy groups -OCH3 is 1. The summed E-state index contributed by atoms with van der Waals surface area (Å²) in [5.41, 5.74) is 1.02. The summed E-state index contributed by atoms with van der Waals surface area (Å²) in [6.07, 6.45) is 2.46. The van der Waals surface area contributed by atoms with Crippen LogP contribution >= 0.6 is 23.4 Å². The molecule has 0 bridgehead atoms. The van der Waals surface area contributed by atoms with Gasteiger partial charge in [0, 0.05) is 25.2 Å². The smallest absolute Gasteiger partial charge is 0.230 e. The second-order valence-corrected chi connectivity index (χ2v) is 6.56. The van der Waals surface area contributed by atoms with Crippen LogP contribution in [-0.2, 0) is 29.1 Å². The van der Waals surface area contributed by atoms with Crippen LogP contribution in [0.2, 0.25) is 5.02 Å². The summed E-state index contributed by atoms with van der Waals surface area (Å²) in [7, 11) is 1.60. The zero-order valence-electron chi connectivity index (χ0n) is 14.1. The van der Waals surface area contributed by atoms with Crippen molar-refractivity contribution >= 4 is 29.3 Å². The maximum atomic E-state index is 12.0. The predicted octanol–water partition coefficient (Wildman–Crippen LogP) is 2.71. The SMILES string of the molecule is C=CCn1c(COC)nnc1SCC(=O)NCCc1ccccc1Cl. The van der Waals surface area contributed by atoms with Crippen LogP contribution in [0.5, 0.6) is 0 Å². The lowest BCUT2D eigenvalue weighted by atomic mass is 10.1. The zero-order valence-corrected chi connectivity index (χ0v) is 15.6. The van der Waals surface area contributed by atoms with Crippen molar-refractivity contribution in [1.29, 1.82) is 0 Å². The van der Waals surface area contributed by atoms with E-state index >= 15 is 0 Å². The first-order chi connectivity index (χ1) is 12.2. The molecule has 0 aliphatic carbocycles. The van der Waals surface area contributed by atoms with Gasteiger partial charge < -0.3 is 14.6 Å². The Morgan fingerprint density at radius 3 is 2.96 bits per heavy atom. The van der Waals surface area contributed by atoms with Crippen molar-refractivity contribution in [3.8, 4) is 0 Å². The standard InChI is InChI=1S/C17H21ClN4O2S/c1-3-10-22-15(11-24-2)20-21-17(22)25-12-16(23)19-9-8-13-6-4-5-7-14(13)18/h3-7H,1,8-12H2,2H3,(H,19,23). The molecule has 134 valence electrons. The first kappa shape index (κ1) is 19.5. The molecule has 0 unspecified atom stereocenters. The Kier molecular flexibility index (Phi) is 7.97. The minimum Gasteiger partial charge on any atom is -0.377 e. The number of nitrogens with zero attached hydrogens (tertiary/aromatic N) is 3. The fourth-order valence-electron chi connectivity index (χ4n) is 2.19. The molecule has 0 atom stereocenters. The summed E-state index contributed by atoms with van der Waals surface area (Å²) in [5.74, 6) is 0.924. The van der Waals surface area contributed by atoms with E-state index in [9.17, 15) is 4.79 Å². The maximum Gasteiger partial charge on any atom is 0.230 e. The Morgan fingerprint density at radius 1 is 1.44 bits per heavy atom. The van der Waals surface area contributed by atoms with Crippen molar-refractivity contribution in [1.82, 2.24) is 20.1 Å². The monoisotopic (exact) mass is 380 g/mol. The molecule has 2 aromatic rings. The summed E-state index contributed by atoms with van der Waals surface area (Å²) < 4.78 is 6.99. The molecule has 1 heterocycles. The molecule has 1 amide bonds. The highest BCUT2D eigenvalue weighted by Gasteiger charge is 2.13. The molecule has 0 saturated heterocycles. The van der Waals surface area contributed by atoms with Crippen LogP contribution in [0.1, 0.15) is 11.4 Å². The molecule has 2 rings (SSSR count). The number of carbonyl (C=O) groups excluding carboxylic acids is 1. The van der Waals surface area contributed by atoms with Crippen LogP contribution in [0, 0.1) is 0 Å². The first-order valence-corrected chi connectivity index (χ1v) is 9.17. The number of halogens is 1. The number of thioether (sulfide) groups is 1. The number of rotatable bonds is 10. The number of hydrogen-bond donors (Lipinski definition) is 1. The Morgan fingerprint density at radius 2 is 2.24 bits per heavy atom. The van der Waals surface area contributed by atoms with Gasteiger partial charge in [-0.1, -0.05) is 47.6 Å². The number of aromatic nitrogens is 3. The number of amides is 1. The number of carbonyl (C=O) groups is 1. The van der Waals surface area contributed by atoms with E-state index in [0.29, 0.717) is 42.1 Å². The van der Waals surface area contributed by atoms with Gasteiger partial charge in [0.2, 0.25) is 5.91 Å². The van der Waals surface area contributed by atoms with Crippen LogP contribution < -0.4 is 5.32 Å². The summed E-state index contributed by atoms with van der Waals surface area (Å²) >= 11 is 7.44. The van der Waals surface area contributed by atoms with Crippen molar-refractivity contribution in [3.05, 3.63) is 53.3 Å². The highest BCUT2D eigenvalue weighted by molar-refractivity contribution is 7.99. The Labute approximate surface area is 156 Å². The van der Waals surface area contributed by atoms with E-state index in [4.69, 9.17) is 16.3 Å². The van der Waals surface area contributed by atoms with Gasteiger partial charge in [0.1, 0.15) is 6.61 Å². The molecule has 1 aromatic carbocycles. The number of allylic oxidation sites excluding steroid dienone is 1. The lowest BCUT2D eigenvalue weighted by Crippen LogP contribution is -2.27. The summed E-state index contributed by atoms with van der Waals surface area (Å²) in [5, 5.41) is 12.5. The van der Waals surface area contributed by atoms with E-state index in [1.54, 1.807) is 13.2 Å². The van der Waals surface area contributed by atoms with E-state index in [-0.39, 0.29) is 11.7 Å². The average molecular weight is 381 g/mol. The van der Waals surface area contributed by atoms with Crippen LogP contribution in [-0.4, -0.2) is 40.1 Å². The molecule has 8 heteroatoms. The quantitative estimate of drug-likeness (QED) is 0.507. The fraction of sp³-hybridized carbons (Fsp3) is 0.353. The van der Waals surface area contributed by atoms with Crippen molar-refractivity contribution in [2.45, 2.75) is 24.7 Å². The lowest BCUT2D eigenvalue weighted by molar-refractivity contribution is -0.118. The van der Waals surface area contributed by atoms with Crippen LogP contribution in [0.25, 0.3) is 0 Å². The summed E-state index contributed by atoms with van der Waals surface area (Å²) in [4.78, 5) is 12.0. The molecule has 1 N–H and O–H groups in total. The normalized spacial score (nSPS) is 10.6. The van der Waals surface area contributed by atoms with Crippen molar-refractivity contribution in [2.24, 2.45) is 0 Å². The lowest BCUT2D eigenvalue weighted by Gasteiger charge is -2.08. The molecule has 0 aliphatic rings. The van der Waals surface area contributed by atoms with E-state index in [0.717, 1.165) is 5.56 Å². The second-order valence-electron chi connectivity index (χ2n) is 5.21. The molecule has 0 radical (unpaired) electrons. The highest BCUT2D eigenvalue weighted by Crippen LogP contribution is 2.18. The summed E-state index contributed by atoms with van der Waals surface area (Å²) in [6, 6.07) is 7.62. The van der Waals surface area contributed by atoms with E-state index in [1.165, 1.54) is 11.8 Å². The van der Waals surface area contributed by atoms with Crippen molar-refractivity contribution in [2.75, 3.05) is 19.4 Å². The third-order valence-electron chi connectivity index (χ3n) is 3.39. The van der Waals surface area contributed by atoms with Gasteiger partial charge in [-0.05, 0) is 18.1 Å². The van der Waals surface area contributed by atoms with E-state index in [1.807, 2.05) is 28.8 Å². The third-order valence-corrected chi connectivity index (χ3v) is 4.72. The number of benzene rings is 1. The van der Waals surface area contributed by atoms with Crippen LogP contribution in [0.3, 0.4) is 0 Å². The zero-order chi connectivity index (χ0) is 18.1. The average Bonchev–Trinajstić information content (AvgIpc) is 2.97. The van der Waals surface area contributed by atoms with Crippen LogP contribution in [0.4, 0.5) is 0 Å². The molecule has 0 fully saturated rings. The van der Waals surface area contributed by atoms with Crippen LogP contribution in [0.15, 0.2) is 42.1 Å². The Hall–Kier alpha value is -1.83. The number of ether oxygens (including phenoxy) is 1. The maximum absolute atomic E-state index is 12.0. The first-order valence-electron chi connectivity index (χ1n) is 7.80. The number of hydrogen-bond acceptors (Lipinski definition) is 5. The Bertz CT molecular complexity index is 720. The largest absolute Gasteiger partial charge is 0.377 e. The second kappa shape index (κ2) is 10.2. The minimum absolute atomic E-state index is 0.0569. The Balaban J connectivity index is 1.81. The van der Waals surface area contributed by atoms with Crippen molar-refractivity contribution in [3.63, 3.8) is 0 Å². The molecule has 0 saturated carbocycles. The minimum atomic E-state index is -0.0569. The van der Waals surface area contributed by atoms with Gasteiger partial charge in [0.05, 0.1) is 5.75 Å². The van der Waals surface area contributed by atoms with Gasteiger partial charge in [-0.3, -0.25) is 4.79 Å². The molecule has 25 heavy (non-hydrogen) atoms. The molecule has 1 aromatic heterocycles. The van der Waals surface area contributed by atoms with Gasteiger partial charge in [0.25, 0.3) is 0 Å². The highest BCUT2D eigenvalue weighted by atomic mass is 35.5. The fourth-order valence-corrected chi connectivity index (χ4v) is 3.22. The van der Waals surface area contributed by atoms with Crippen molar-refractivity contribution < 1.29 is 9.53 Å². The molecular weight excluding hydrogens is 360 g/mol.